The van der Waals surface area contributed by atoms with Gasteiger partial charge >= 0.3 is 0 Å². The molecule has 0 amide bonds. The van der Waals surface area contributed by atoms with Gasteiger partial charge in [-0.15, -0.1) is 4.94 Å². The summed E-state index contributed by atoms with van der Waals surface area (Å²) < 4.78 is 2.30. The van der Waals surface area contributed by atoms with Crippen molar-refractivity contribution >= 4 is 55.9 Å². The topological polar surface area (TPSA) is 36.8 Å². The van der Waals surface area contributed by atoms with E-state index in [-0.39, 0.29) is 11.5 Å². The zero-order valence-electron chi connectivity index (χ0n) is 28.0. The summed E-state index contributed by atoms with van der Waals surface area (Å²) >= 11 is 0. The molecule has 0 saturated heterocycles. The van der Waals surface area contributed by atoms with E-state index in [2.05, 4.69) is 178 Å². The van der Waals surface area contributed by atoms with Crippen molar-refractivity contribution in [2.45, 2.75) is 46.1 Å². The third-order valence-electron chi connectivity index (χ3n) is 9.07. The minimum Gasteiger partial charge on any atom is -0.310 e. The van der Waals surface area contributed by atoms with Crippen LogP contribution in [-0.4, -0.2) is 15.6 Å². The maximum Gasteiger partial charge on any atom is 0.137 e. The Morgan fingerprint density at radius 3 is 2.10 bits per heavy atom. The summed E-state index contributed by atoms with van der Waals surface area (Å²) in [5.41, 5.74) is 9.65. The molecule has 0 fully saturated rings. The van der Waals surface area contributed by atoms with Gasteiger partial charge in [-0.2, -0.15) is 5.06 Å². The highest BCUT2D eigenvalue weighted by atomic mass is 16.8. The lowest BCUT2D eigenvalue weighted by Gasteiger charge is -2.27. The number of hydrogen-bond donors (Lipinski definition) is 0. The molecule has 0 atom stereocenters. The lowest BCUT2D eigenvalue weighted by Crippen LogP contribution is -2.31. The van der Waals surface area contributed by atoms with Gasteiger partial charge < -0.3 is 4.90 Å². The molecule has 0 saturated carbocycles. The van der Waals surface area contributed by atoms with Crippen molar-refractivity contribution in [1.29, 1.82) is 0 Å². The smallest absolute Gasteiger partial charge is 0.137 e. The summed E-state index contributed by atoms with van der Waals surface area (Å²) in [6.45, 7) is 11.0. The molecule has 8 rings (SSSR count). The van der Waals surface area contributed by atoms with Crippen LogP contribution in [0.1, 0.15) is 40.2 Å². The Hall–Kier alpha value is -5.59. The molecule has 0 spiro atoms. The average molecular weight is 630 g/mol. The van der Waals surface area contributed by atoms with Gasteiger partial charge in [-0.1, -0.05) is 81.4 Å². The van der Waals surface area contributed by atoms with Crippen LogP contribution in [0.3, 0.4) is 0 Å². The predicted octanol–water partition coefficient (Wildman–Crippen LogP) is 11.2. The van der Waals surface area contributed by atoms with Crippen LogP contribution < -0.4 is 15.0 Å². The minimum absolute atomic E-state index is 0.00249. The Balaban J connectivity index is 1.30. The summed E-state index contributed by atoms with van der Waals surface area (Å²) in [6, 6.07) is 47.3. The van der Waals surface area contributed by atoms with Gasteiger partial charge in [0.15, 0.2) is 0 Å². The highest BCUT2D eigenvalue weighted by Crippen LogP contribution is 2.45. The quantitative estimate of drug-likeness (QED) is 0.183. The van der Waals surface area contributed by atoms with Gasteiger partial charge in [0.05, 0.1) is 34.1 Å². The second-order valence-electron chi connectivity index (χ2n) is 13.7. The number of aromatic nitrogens is 2. The summed E-state index contributed by atoms with van der Waals surface area (Å²) in [5.74, 6) is 0.915. The second-order valence-corrected chi connectivity index (χ2v) is 13.7. The van der Waals surface area contributed by atoms with Gasteiger partial charge in [0.25, 0.3) is 0 Å². The normalized spacial score (nSPS) is 13.1. The Morgan fingerprint density at radius 2 is 1.31 bits per heavy atom. The molecule has 0 bridgehead atoms. The maximum atomic E-state index is 6.45. The molecule has 1 aliphatic heterocycles. The third kappa shape index (κ3) is 5.06. The van der Waals surface area contributed by atoms with Crippen molar-refractivity contribution in [2.75, 3.05) is 15.0 Å². The van der Waals surface area contributed by atoms with Gasteiger partial charge in [-0.3, -0.25) is 4.57 Å². The number of hydrogen-bond acceptors (Lipinski definition) is 5. The van der Waals surface area contributed by atoms with Gasteiger partial charge in [0, 0.05) is 34.0 Å². The monoisotopic (exact) mass is 629 g/mol. The first-order valence-corrected chi connectivity index (χ1v) is 16.6. The lowest BCUT2D eigenvalue weighted by molar-refractivity contribution is 0.113. The molecular weight excluding hydrogens is 590 g/mol. The molecule has 238 valence electrons. The Kier molecular flexibility index (Phi) is 7.19. The number of rotatable bonds is 6. The van der Waals surface area contributed by atoms with Crippen LogP contribution in [0.4, 0.5) is 34.1 Å². The fourth-order valence-corrected chi connectivity index (χ4v) is 6.69. The van der Waals surface area contributed by atoms with Crippen LogP contribution in [0.25, 0.3) is 27.6 Å². The second kappa shape index (κ2) is 11.6. The van der Waals surface area contributed by atoms with Gasteiger partial charge in [0.2, 0.25) is 0 Å². The number of pyridine rings is 1. The number of anilines is 6. The molecule has 2 aromatic heterocycles. The number of benzene rings is 5. The first-order chi connectivity index (χ1) is 23.3. The highest BCUT2D eigenvalue weighted by molar-refractivity contribution is 6.10. The summed E-state index contributed by atoms with van der Waals surface area (Å²) in [7, 11) is 0. The molecule has 0 N–H and O–H groups in total. The van der Waals surface area contributed by atoms with E-state index in [0.29, 0.717) is 0 Å². The van der Waals surface area contributed by atoms with Gasteiger partial charge in [-0.25, -0.2) is 10.0 Å². The van der Waals surface area contributed by atoms with E-state index in [9.17, 15) is 0 Å². The van der Waals surface area contributed by atoms with Crippen molar-refractivity contribution in [3.05, 3.63) is 145 Å². The van der Waals surface area contributed by atoms with Crippen LogP contribution in [0, 0.1) is 0 Å². The van der Waals surface area contributed by atoms with E-state index in [1.165, 1.54) is 16.3 Å². The van der Waals surface area contributed by atoms with Crippen LogP contribution >= 0.6 is 0 Å². The lowest BCUT2D eigenvalue weighted by atomic mass is 9.88. The zero-order chi connectivity index (χ0) is 33.0. The van der Waals surface area contributed by atoms with Crippen molar-refractivity contribution in [3.63, 3.8) is 0 Å². The highest BCUT2D eigenvalue weighted by Gasteiger charge is 2.31. The van der Waals surface area contributed by atoms with E-state index in [1.807, 2.05) is 16.3 Å². The van der Waals surface area contributed by atoms with Gasteiger partial charge in [-0.05, 0) is 97.6 Å². The van der Waals surface area contributed by atoms with E-state index in [1.54, 1.807) is 0 Å². The molecule has 6 heteroatoms. The molecule has 6 nitrogen and oxygen atoms in total. The summed E-state index contributed by atoms with van der Waals surface area (Å²) in [5, 5.41) is 6.29. The van der Waals surface area contributed by atoms with Crippen molar-refractivity contribution in [1.82, 2.24) is 9.55 Å². The first kappa shape index (κ1) is 29.8. The fraction of sp³-hybridized carbons (Fsp3) is 0.167. The number of fused-ring (bicyclic) bond motifs is 4. The molecule has 0 unspecified atom stereocenters. The molecule has 7 aromatic rings. The fourth-order valence-electron chi connectivity index (χ4n) is 6.69. The zero-order valence-corrected chi connectivity index (χ0v) is 28.0. The number of para-hydroxylation sites is 4. The van der Waals surface area contributed by atoms with E-state index in [0.717, 1.165) is 51.0 Å². The largest absolute Gasteiger partial charge is 0.310 e. The SMILES string of the molecule is CC(C)N1ON(c2cccc(N(c3ccccc3)c3ccc4c5ccccc5n(-c5cc(C(C)(C)C)ccn5)c4c3)c2)c2ccccc21. The maximum absolute atomic E-state index is 6.45. The van der Waals surface area contributed by atoms with Crippen molar-refractivity contribution in [3.8, 4) is 5.82 Å². The Morgan fingerprint density at radius 1 is 0.625 bits per heavy atom. The van der Waals surface area contributed by atoms with Crippen LogP contribution in [0.15, 0.2) is 140 Å². The predicted molar refractivity (Wildman–Crippen MR) is 199 cm³/mol. The summed E-state index contributed by atoms with van der Waals surface area (Å²) in [6.07, 6.45) is 1.93. The average Bonchev–Trinajstić information content (AvgIpc) is 3.65. The van der Waals surface area contributed by atoms with Crippen molar-refractivity contribution < 1.29 is 4.94 Å². The van der Waals surface area contributed by atoms with Crippen LogP contribution in [-0.2, 0) is 10.4 Å². The van der Waals surface area contributed by atoms with Gasteiger partial charge in [0.1, 0.15) is 5.82 Å². The molecule has 0 radical (unpaired) electrons. The molecule has 1 aliphatic rings. The molecule has 3 heterocycles. The Bertz CT molecular complexity index is 2270. The number of nitrogens with zero attached hydrogens (tertiary/aromatic N) is 5. The van der Waals surface area contributed by atoms with E-state index >= 15 is 0 Å². The first-order valence-electron chi connectivity index (χ1n) is 16.6. The third-order valence-corrected chi connectivity index (χ3v) is 9.07. The minimum atomic E-state index is 0.00249. The van der Waals surface area contributed by atoms with E-state index < -0.39 is 0 Å². The molecule has 48 heavy (non-hydrogen) atoms. The van der Waals surface area contributed by atoms with Crippen molar-refractivity contribution in [2.24, 2.45) is 0 Å². The van der Waals surface area contributed by atoms with Crippen LogP contribution in [0.5, 0.6) is 0 Å². The molecular formula is C42H39N5O. The summed E-state index contributed by atoms with van der Waals surface area (Å²) in [4.78, 5) is 13.7. The molecule has 5 aromatic carbocycles. The Labute approximate surface area is 282 Å². The van der Waals surface area contributed by atoms with E-state index in [4.69, 9.17) is 9.92 Å². The van der Waals surface area contributed by atoms with Crippen LogP contribution in [0.2, 0.25) is 0 Å². The molecule has 0 aliphatic carbocycles. The number of hydroxylamine groups is 1. The standard InChI is InChI=1S/C42H39N5O/c1-29(2)46-38-20-11-12-21-39(38)47(48-46)34-17-13-16-32(27-34)44(31-14-7-6-8-15-31)33-22-23-36-35-18-9-10-19-37(35)45(40(36)28-33)41-26-30(24-25-43-41)42(3,4)5/h6-29H,1-5H3.